The Hall–Kier alpha value is -2.13. The van der Waals surface area contributed by atoms with Gasteiger partial charge in [0.15, 0.2) is 5.16 Å². The van der Waals surface area contributed by atoms with E-state index in [1.54, 1.807) is 6.92 Å². The molecule has 2 heterocycles. The maximum atomic E-state index is 12.8. The highest BCUT2D eigenvalue weighted by Crippen LogP contribution is 2.33. The van der Waals surface area contributed by atoms with Crippen LogP contribution in [0.2, 0.25) is 0 Å². The number of nitrogens with zero attached hydrogens (tertiary/aromatic N) is 2. The number of anilines is 1. The van der Waals surface area contributed by atoms with E-state index in [4.69, 9.17) is 4.74 Å². The van der Waals surface area contributed by atoms with Crippen molar-refractivity contribution in [1.82, 2.24) is 9.55 Å². The van der Waals surface area contributed by atoms with Gasteiger partial charge in [0.05, 0.1) is 17.9 Å². The molecule has 0 saturated carbocycles. The Morgan fingerprint density at radius 1 is 1.32 bits per heavy atom. The molecule has 0 saturated heterocycles. The first-order chi connectivity index (χ1) is 13.4. The lowest BCUT2D eigenvalue weighted by molar-refractivity contribution is -0.116. The number of amides is 1. The Morgan fingerprint density at radius 2 is 2.07 bits per heavy atom. The van der Waals surface area contributed by atoms with Crippen molar-refractivity contribution in [3.63, 3.8) is 0 Å². The van der Waals surface area contributed by atoms with Crippen molar-refractivity contribution in [2.45, 2.75) is 51.7 Å². The number of fused-ring (bicyclic) bond motifs is 1. The maximum absolute atomic E-state index is 12.8. The van der Waals surface area contributed by atoms with Crippen molar-refractivity contribution >= 4 is 40.0 Å². The molecule has 1 aliphatic rings. The Bertz CT molecular complexity index is 994. The Kier molecular flexibility index (Phi) is 6.24. The summed E-state index contributed by atoms with van der Waals surface area (Å²) in [5.74, 6) is -0.829. The van der Waals surface area contributed by atoms with Crippen LogP contribution in [0.3, 0.4) is 0 Å². The molecule has 0 fully saturated rings. The molecule has 2 aromatic heterocycles. The highest BCUT2D eigenvalue weighted by molar-refractivity contribution is 7.98. The van der Waals surface area contributed by atoms with Crippen LogP contribution in [-0.2, 0) is 28.9 Å². The smallest absolute Gasteiger partial charge is 0.341 e. The number of hydrogen-bond donors (Lipinski definition) is 1. The minimum absolute atomic E-state index is 0.145. The van der Waals surface area contributed by atoms with E-state index in [0.717, 1.165) is 29.0 Å². The molecule has 1 amide bonds. The van der Waals surface area contributed by atoms with Crippen LogP contribution in [0, 0.1) is 13.8 Å². The first-order valence-corrected chi connectivity index (χ1v) is 11.1. The lowest BCUT2D eigenvalue weighted by Crippen LogP contribution is -2.32. The standard InChI is InChI=1S/C19H23N3O4S2/c1-5-26-18(25)15-10(2)11(3)28-16(15)21-14(23)9-22-17(24)12-7-6-8-13(12)20-19(22)27-4/h5-9H2,1-4H3,(H,21,23). The summed E-state index contributed by atoms with van der Waals surface area (Å²) in [6, 6.07) is 0. The molecule has 2 aromatic rings. The topological polar surface area (TPSA) is 90.3 Å². The van der Waals surface area contributed by atoms with Crippen molar-refractivity contribution in [3.05, 3.63) is 37.6 Å². The number of nitrogens with one attached hydrogen (secondary N) is 1. The molecule has 1 N–H and O–H groups in total. The lowest BCUT2D eigenvalue weighted by atomic mass is 10.1. The van der Waals surface area contributed by atoms with Crippen molar-refractivity contribution in [1.29, 1.82) is 0 Å². The van der Waals surface area contributed by atoms with Gasteiger partial charge < -0.3 is 10.1 Å². The van der Waals surface area contributed by atoms with Crippen molar-refractivity contribution in [2.24, 2.45) is 0 Å². The van der Waals surface area contributed by atoms with E-state index in [1.807, 2.05) is 20.1 Å². The summed E-state index contributed by atoms with van der Waals surface area (Å²) in [4.78, 5) is 43.3. The second kappa shape index (κ2) is 8.48. The van der Waals surface area contributed by atoms with Gasteiger partial charge in [0.25, 0.3) is 5.56 Å². The van der Waals surface area contributed by atoms with Crippen LogP contribution in [-0.4, -0.2) is 34.3 Å². The van der Waals surface area contributed by atoms with Gasteiger partial charge in [-0.25, -0.2) is 9.78 Å². The predicted octanol–water partition coefficient (Wildman–Crippen LogP) is 2.95. The van der Waals surface area contributed by atoms with Crippen LogP contribution < -0.4 is 10.9 Å². The van der Waals surface area contributed by atoms with Gasteiger partial charge in [0.1, 0.15) is 11.5 Å². The van der Waals surface area contributed by atoms with Crippen molar-refractivity contribution in [3.8, 4) is 0 Å². The number of thiophene rings is 1. The number of rotatable bonds is 6. The summed E-state index contributed by atoms with van der Waals surface area (Å²) >= 11 is 2.67. The zero-order valence-electron chi connectivity index (χ0n) is 16.4. The quantitative estimate of drug-likeness (QED) is 0.438. The molecule has 3 rings (SSSR count). The third kappa shape index (κ3) is 3.86. The molecule has 0 bridgehead atoms. The SMILES string of the molecule is CCOC(=O)c1c(NC(=O)Cn2c(SC)nc3c(c2=O)CCC3)sc(C)c1C. The summed E-state index contributed by atoms with van der Waals surface area (Å²) in [7, 11) is 0. The fourth-order valence-corrected chi connectivity index (χ4v) is 4.91. The highest BCUT2D eigenvalue weighted by Gasteiger charge is 2.24. The van der Waals surface area contributed by atoms with E-state index in [0.29, 0.717) is 27.7 Å². The van der Waals surface area contributed by atoms with Gasteiger partial charge in [-0.15, -0.1) is 11.3 Å². The number of thioether (sulfide) groups is 1. The van der Waals surface area contributed by atoms with Crippen LogP contribution in [0.25, 0.3) is 0 Å². The Labute approximate surface area is 171 Å². The fourth-order valence-electron chi connectivity index (χ4n) is 3.28. The number of carbonyl (C=O) groups excluding carboxylic acids is 2. The summed E-state index contributed by atoms with van der Waals surface area (Å²) in [6.07, 6.45) is 4.26. The minimum atomic E-state index is -0.458. The molecule has 7 nitrogen and oxygen atoms in total. The highest BCUT2D eigenvalue weighted by atomic mass is 32.2. The van der Waals surface area contributed by atoms with E-state index in [1.165, 1.54) is 27.7 Å². The Balaban J connectivity index is 1.87. The number of ether oxygens (including phenoxy) is 1. The van der Waals surface area contributed by atoms with E-state index in [2.05, 4.69) is 10.3 Å². The largest absolute Gasteiger partial charge is 0.462 e. The van der Waals surface area contributed by atoms with Gasteiger partial charge in [0, 0.05) is 10.4 Å². The number of esters is 1. The number of carbonyl (C=O) groups is 2. The molecule has 0 spiro atoms. The second-order valence-electron chi connectivity index (χ2n) is 6.52. The minimum Gasteiger partial charge on any atom is -0.462 e. The van der Waals surface area contributed by atoms with Gasteiger partial charge in [-0.1, -0.05) is 11.8 Å². The normalized spacial score (nSPS) is 12.7. The van der Waals surface area contributed by atoms with Gasteiger partial charge in [-0.3, -0.25) is 14.2 Å². The molecule has 1 aliphatic carbocycles. The van der Waals surface area contributed by atoms with Crippen LogP contribution in [0.4, 0.5) is 5.00 Å². The molecule has 28 heavy (non-hydrogen) atoms. The van der Waals surface area contributed by atoms with Gasteiger partial charge in [-0.05, 0) is 51.9 Å². The molecule has 0 aromatic carbocycles. The molecule has 150 valence electrons. The molecule has 0 aliphatic heterocycles. The molecule has 0 unspecified atom stereocenters. The molecular formula is C19H23N3O4S2. The van der Waals surface area contributed by atoms with Crippen LogP contribution in [0.1, 0.15) is 45.4 Å². The number of hydrogen-bond acceptors (Lipinski definition) is 7. The zero-order valence-corrected chi connectivity index (χ0v) is 18.0. The van der Waals surface area contributed by atoms with Crippen LogP contribution >= 0.6 is 23.1 Å². The Morgan fingerprint density at radius 3 is 2.75 bits per heavy atom. The zero-order chi connectivity index (χ0) is 20.4. The van der Waals surface area contributed by atoms with E-state index >= 15 is 0 Å². The maximum Gasteiger partial charge on any atom is 0.341 e. The monoisotopic (exact) mass is 421 g/mol. The predicted molar refractivity (Wildman–Crippen MR) is 111 cm³/mol. The molecule has 9 heteroatoms. The van der Waals surface area contributed by atoms with Gasteiger partial charge >= 0.3 is 5.97 Å². The summed E-state index contributed by atoms with van der Waals surface area (Å²) < 4.78 is 6.53. The third-order valence-electron chi connectivity index (χ3n) is 4.76. The molecule has 0 atom stereocenters. The lowest BCUT2D eigenvalue weighted by Gasteiger charge is -2.13. The first-order valence-electron chi connectivity index (χ1n) is 9.10. The third-order valence-corrected chi connectivity index (χ3v) is 6.56. The van der Waals surface area contributed by atoms with Gasteiger partial charge in [-0.2, -0.15) is 0 Å². The van der Waals surface area contributed by atoms with E-state index < -0.39 is 5.97 Å². The second-order valence-corrected chi connectivity index (χ2v) is 8.52. The van der Waals surface area contributed by atoms with Crippen LogP contribution in [0.5, 0.6) is 0 Å². The van der Waals surface area contributed by atoms with Crippen molar-refractivity contribution in [2.75, 3.05) is 18.2 Å². The van der Waals surface area contributed by atoms with Crippen molar-refractivity contribution < 1.29 is 14.3 Å². The number of aryl methyl sites for hydroxylation is 2. The van der Waals surface area contributed by atoms with Crippen LogP contribution in [0.15, 0.2) is 9.95 Å². The number of aromatic nitrogens is 2. The molecular weight excluding hydrogens is 398 g/mol. The fraction of sp³-hybridized carbons (Fsp3) is 0.474. The van der Waals surface area contributed by atoms with Gasteiger partial charge in [0.2, 0.25) is 5.91 Å². The summed E-state index contributed by atoms with van der Waals surface area (Å²) in [5.41, 5.74) is 2.58. The first kappa shape index (κ1) is 20.6. The van der Waals surface area contributed by atoms with E-state index in [-0.39, 0.29) is 24.6 Å². The summed E-state index contributed by atoms with van der Waals surface area (Å²) in [6.45, 7) is 5.57. The van der Waals surface area contributed by atoms with E-state index in [9.17, 15) is 14.4 Å². The molecule has 0 radical (unpaired) electrons. The summed E-state index contributed by atoms with van der Waals surface area (Å²) in [5, 5.41) is 3.77. The average Bonchev–Trinajstić information content (AvgIpc) is 3.22. The average molecular weight is 422 g/mol.